The van der Waals surface area contributed by atoms with Crippen LogP contribution in [0.15, 0.2) is 30.3 Å². The molecule has 132 valence electrons. The average Bonchev–Trinajstić information content (AvgIpc) is 2.65. The Morgan fingerprint density at radius 3 is 2.21 bits per heavy atom. The fourth-order valence-electron chi connectivity index (χ4n) is 3.76. The third-order valence-corrected chi connectivity index (χ3v) is 5.32. The Morgan fingerprint density at radius 1 is 0.833 bits per heavy atom. The molecule has 24 heavy (non-hydrogen) atoms. The van der Waals surface area contributed by atoms with Gasteiger partial charge >= 0.3 is 0 Å². The molecule has 2 fully saturated rings. The Balaban J connectivity index is 1.31. The number of piperidine rings is 1. The summed E-state index contributed by atoms with van der Waals surface area (Å²) in [5.41, 5.74) is 1.43. The van der Waals surface area contributed by atoms with E-state index in [2.05, 4.69) is 45.0 Å². The third-order valence-electron chi connectivity index (χ3n) is 5.32. The van der Waals surface area contributed by atoms with E-state index in [4.69, 9.17) is 0 Å². The van der Waals surface area contributed by atoms with E-state index < -0.39 is 0 Å². The maximum atomic E-state index is 12.3. The minimum atomic E-state index is 0.340. The highest BCUT2D eigenvalue weighted by Gasteiger charge is 2.22. The molecule has 0 spiro atoms. The van der Waals surface area contributed by atoms with Crippen LogP contribution in [0.1, 0.15) is 31.2 Å². The zero-order valence-electron chi connectivity index (χ0n) is 14.8. The van der Waals surface area contributed by atoms with Gasteiger partial charge in [-0.1, -0.05) is 30.3 Å². The Kier molecular flexibility index (Phi) is 6.67. The average molecular weight is 329 g/mol. The molecule has 0 N–H and O–H groups in total. The topological polar surface area (TPSA) is 26.8 Å². The molecule has 0 aliphatic carbocycles. The predicted molar refractivity (Wildman–Crippen MR) is 98.1 cm³/mol. The van der Waals surface area contributed by atoms with E-state index in [9.17, 15) is 4.79 Å². The van der Waals surface area contributed by atoms with Crippen LogP contribution in [0.3, 0.4) is 0 Å². The molecule has 2 heterocycles. The minimum absolute atomic E-state index is 0.340. The summed E-state index contributed by atoms with van der Waals surface area (Å²) in [4.78, 5) is 19.3. The van der Waals surface area contributed by atoms with E-state index >= 15 is 0 Å². The summed E-state index contributed by atoms with van der Waals surface area (Å²) in [5.74, 6) is 0.340. The summed E-state index contributed by atoms with van der Waals surface area (Å²) in [6.07, 6.45) is 6.03. The van der Waals surface area contributed by atoms with Gasteiger partial charge in [0.15, 0.2) is 0 Å². The van der Waals surface area contributed by atoms with Crippen LogP contribution in [-0.2, 0) is 11.2 Å². The summed E-state index contributed by atoms with van der Waals surface area (Å²) in [5, 5.41) is 0. The number of carbonyl (C=O) groups is 1. The van der Waals surface area contributed by atoms with Crippen molar-refractivity contribution in [3.63, 3.8) is 0 Å². The number of aryl methyl sites for hydroxylation is 1. The standard InChI is InChI=1S/C20H31N3O/c24-20(23-12-5-2-6-13-23)18-22-16-14-21(15-17-22)11-7-10-19-8-3-1-4-9-19/h1,3-4,8-9H,2,5-7,10-18H2. The molecule has 1 aromatic rings. The molecular formula is C20H31N3O. The van der Waals surface area contributed by atoms with Crippen molar-refractivity contribution in [3.8, 4) is 0 Å². The molecule has 0 unspecified atom stereocenters. The number of amides is 1. The Bertz CT molecular complexity index is 491. The van der Waals surface area contributed by atoms with Crippen LogP contribution in [0, 0.1) is 0 Å². The second-order valence-corrected chi connectivity index (χ2v) is 7.15. The van der Waals surface area contributed by atoms with Gasteiger partial charge in [0, 0.05) is 39.3 Å². The number of nitrogens with zero attached hydrogens (tertiary/aromatic N) is 3. The van der Waals surface area contributed by atoms with Crippen molar-refractivity contribution in [2.75, 3.05) is 52.4 Å². The SMILES string of the molecule is O=C(CN1CCN(CCCc2ccccc2)CC1)N1CCCCC1. The number of piperazine rings is 1. The van der Waals surface area contributed by atoms with Crippen molar-refractivity contribution in [3.05, 3.63) is 35.9 Å². The van der Waals surface area contributed by atoms with Gasteiger partial charge in [0.1, 0.15) is 0 Å². The lowest BCUT2D eigenvalue weighted by Gasteiger charge is -2.36. The Labute approximate surface area is 146 Å². The first kappa shape index (κ1) is 17.4. The molecule has 1 amide bonds. The van der Waals surface area contributed by atoms with Gasteiger partial charge in [-0.25, -0.2) is 0 Å². The van der Waals surface area contributed by atoms with Crippen LogP contribution in [0.25, 0.3) is 0 Å². The highest BCUT2D eigenvalue weighted by atomic mass is 16.2. The van der Waals surface area contributed by atoms with Gasteiger partial charge < -0.3 is 9.80 Å². The van der Waals surface area contributed by atoms with Gasteiger partial charge in [0.05, 0.1) is 6.54 Å². The number of hydrogen-bond acceptors (Lipinski definition) is 3. The molecule has 2 saturated heterocycles. The van der Waals surface area contributed by atoms with Crippen molar-refractivity contribution in [2.24, 2.45) is 0 Å². The van der Waals surface area contributed by atoms with Gasteiger partial charge in [0.25, 0.3) is 0 Å². The molecular weight excluding hydrogens is 298 g/mol. The molecule has 1 aromatic carbocycles. The molecule has 0 bridgehead atoms. The molecule has 0 radical (unpaired) electrons. The summed E-state index contributed by atoms with van der Waals surface area (Å²) >= 11 is 0. The van der Waals surface area contributed by atoms with Crippen LogP contribution in [0.5, 0.6) is 0 Å². The first-order valence-corrected chi connectivity index (χ1v) is 9.58. The molecule has 0 atom stereocenters. The summed E-state index contributed by atoms with van der Waals surface area (Å²) in [7, 11) is 0. The number of hydrogen-bond donors (Lipinski definition) is 0. The van der Waals surface area contributed by atoms with E-state index in [1.807, 2.05) is 0 Å². The highest BCUT2D eigenvalue weighted by Crippen LogP contribution is 2.11. The van der Waals surface area contributed by atoms with Crippen molar-refractivity contribution in [1.29, 1.82) is 0 Å². The first-order chi connectivity index (χ1) is 11.8. The van der Waals surface area contributed by atoms with Crippen LogP contribution in [0.4, 0.5) is 0 Å². The fourth-order valence-corrected chi connectivity index (χ4v) is 3.76. The highest BCUT2D eigenvalue weighted by molar-refractivity contribution is 5.78. The van der Waals surface area contributed by atoms with Crippen molar-refractivity contribution >= 4 is 5.91 Å². The fraction of sp³-hybridized carbons (Fsp3) is 0.650. The molecule has 2 aliphatic heterocycles. The smallest absolute Gasteiger partial charge is 0.236 e. The van der Waals surface area contributed by atoms with E-state index in [1.165, 1.54) is 37.8 Å². The van der Waals surface area contributed by atoms with E-state index in [0.29, 0.717) is 12.5 Å². The van der Waals surface area contributed by atoms with Gasteiger partial charge in [0.2, 0.25) is 5.91 Å². The van der Waals surface area contributed by atoms with Crippen LogP contribution < -0.4 is 0 Å². The van der Waals surface area contributed by atoms with Gasteiger partial charge in [-0.15, -0.1) is 0 Å². The molecule has 2 aliphatic rings. The van der Waals surface area contributed by atoms with E-state index in [1.54, 1.807) is 0 Å². The lowest BCUT2D eigenvalue weighted by molar-refractivity contribution is -0.133. The van der Waals surface area contributed by atoms with Crippen molar-refractivity contribution in [2.45, 2.75) is 32.1 Å². The lowest BCUT2D eigenvalue weighted by Crippen LogP contribution is -2.50. The zero-order chi connectivity index (χ0) is 16.6. The zero-order valence-corrected chi connectivity index (χ0v) is 14.8. The summed E-state index contributed by atoms with van der Waals surface area (Å²) < 4.78 is 0. The lowest BCUT2D eigenvalue weighted by atomic mass is 10.1. The van der Waals surface area contributed by atoms with E-state index in [-0.39, 0.29) is 0 Å². The minimum Gasteiger partial charge on any atom is -0.342 e. The first-order valence-electron chi connectivity index (χ1n) is 9.58. The Morgan fingerprint density at radius 2 is 1.50 bits per heavy atom. The third kappa shape index (κ3) is 5.32. The molecule has 4 nitrogen and oxygen atoms in total. The van der Waals surface area contributed by atoms with Crippen molar-refractivity contribution in [1.82, 2.24) is 14.7 Å². The van der Waals surface area contributed by atoms with Gasteiger partial charge in [-0.05, 0) is 44.2 Å². The maximum absolute atomic E-state index is 12.3. The van der Waals surface area contributed by atoms with Gasteiger partial charge in [-0.2, -0.15) is 0 Å². The van der Waals surface area contributed by atoms with E-state index in [0.717, 1.165) is 45.7 Å². The number of benzene rings is 1. The molecule has 4 heteroatoms. The number of likely N-dealkylation sites (tertiary alicyclic amines) is 1. The number of carbonyl (C=O) groups excluding carboxylic acids is 1. The molecule has 3 rings (SSSR count). The Hall–Kier alpha value is -1.39. The summed E-state index contributed by atoms with van der Waals surface area (Å²) in [6.45, 7) is 8.00. The normalized spacial score (nSPS) is 20.2. The molecule has 0 saturated carbocycles. The summed E-state index contributed by atoms with van der Waals surface area (Å²) in [6, 6.07) is 10.7. The van der Waals surface area contributed by atoms with Crippen LogP contribution in [0.2, 0.25) is 0 Å². The second-order valence-electron chi connectivity index (χ2n) is 7.15. The maximum Gasteiger partial charge on any atom is 0.236 e. The van der Waals surface area contributed by atoms with Crippen LogP contribution >= 0.6 is 0 Å². The van der Waals surface area contributed by atoms with Crippen molar-refractivity contribution < 1.29 is 4.79 Å². The quantitative estimate of drug-likeness (QED) is 0.801. The van der Waals surface area contributed by atoms with Gasteiger partial charge in [-0.3, -0.25) is 9.69 Å². The monoisotopic (exact) mass is 329 g/mol. The predicted octanol–water partition coefficient (Wildman–Crippen LogP) is 2.25. The molecule has 0 aromatic heterocycles. The number of rotatable bonds is 6. The van der Waals surface area contributed by atoms with Crippen LogP contribution in [-0.4, -0.2) is 73.0 Å². The second kappa shape index (κ2) is 9.19. The largest absolute Gasteiger partial charge is 0.342 e.